The SMILES string of the molecule is COC(=O)c1cc(NN=CC(=O)O)ccc1Cl. The minimum atomic E-state index is -1.18. The first-order chi connectivity index (χ1) is 8.04. The number of methoxy groups -OCH3 is 1. The number of esters is 1. The van der Waals surface area contributed by atoms with E-state index in [2.05, 4.69) is 15.3 Å². The fraction of sp³-hybridized carbons (Fsp3) is 0.100. The second-order valence-corrected chi connectivity index (χ2v) is 3.30. The van der Waals surface area contributed by atoms with Crippen LogP contribution in [0.4, 0.5) is 5.69 Å². The van der Waals surface area contributed by atoms with Crippen molar-refractivity contribution in [2.24, 2.45) is 5.10 Å². The first-order valence-corrected chi connectivity index (χ1v) is 4.82. The van der Waals surface area contributed by atoms with Gasteiger partial charge in [0.05, 0.1) is 23.4 Å². The lowest BCUT2D eigenvalue weighted by Crippen LogP contribution is -2.03. The number of carbonyl (C=O) groups excluding carboxylic acids is 1. The summed E-state index contributed by atoms with van der Waals surface area (Å²) in [5.74, 6) is -1.76. The van der Waals surface area contributed by atoms with Gasteiger partial charge in [0.25, 0.3) is 0 Å². The third-order valence-corrected chi connectivity index (χ3v) is 2.07. The Morgan fingerprint density at radius 2 is 2.24 bits per heavy atom. The van der Waals surface area contributed by atoms with E-state index in [0.29, 0.717) is 11.9 Å². The van der Waals surface area contributed by atoms with E-state index in [-0.39, 0.29) is 10.6 Å². The fourth-order valence-corrected chi connectivity index (χ4v) is 1.22. The predicted molar refractivity (Wildman–Crippen MR) is 62.5 cm³/mol. The molecule has 0 atom stereocenters. The van der Waals surface area contributed by atoms with E-state index >= 15 is 0 Å². The van der Waals surface area contributed by atoms with Gasteiger partial charge >= 0.3 is 11.9 Å². The van der Waals surface area contributed by atoms with Gasteiger partial charge in [-0.25, -0.2) is 9.59 Å². The number of rotatable bonds is 4. The van der Waals surface area contributed by atoms with Crippen molar-refractivity contribution >= 4 is 35.4 Å². The second kappa shape index (κ2) is 5.86. The highest BCUT2D eigenvalue weighted by molar-refractivity contribution is 6.33. The summed E-state index contributed by atoms with van der Waals surface area (Å²) in [6, 6.07) is 4.44. The van der Waals surface area contributed by atoms with Gasteiger partial charge in [0, 0.05) is 0 Å². The molecular formula is C10H9ClN2O4. The van der Waals surface area contributed by atoms with E-state index < -0.39 is 11.9 Å². The van der Waals surface area contributed by atoms with Crippen LogP contribution in [-0.2, 0) is 9.53 Å². The molecule has 0 aliphatic heterocycles. The van der Waals surface area contributed by atoms with Gasteiger partial charge < -0.3 is 9.84 Å². The minimum absolute atomic E-state index is 0.171. The minimum Gasteiger partial charge on any atom is -0.477 e. The zero-order valence-corrected chi connectivity index (χ0v) is 9.56. The van der Waals surface area contributed by atoms with Crippen LogP contribution in [0.5, 0.6) is 0 Å². The third-order valence-electron chi connectivity index (χ3n) is 1.74. The van der Waals surface area contributed by atoms with Crippen molar-refractivity contribution < 1.29 is 19.4 Å². The second-order valence-electron chi connectivity index (χ2n) is 2.89. The van der Waals surface area contributed by atoms with Gasteiger partial charge in [-0.2, -0.15) is 5.10 Å². The average molecular weight is 257 g/mol. The Labute approximate surface area is 102 Å². The number of hydrogen-bond acceptors (Lipinski definition) is 5. The molecule has 0 unspecified atom stereocenters. The number of nitrogens with one attached hydrogen (secondary N) is 1. The molecule has 0 amide bonds. The molecule has 0 bridgehead atoms. The number of ether oxygens (including phenoxy) is 1. The predicted octanol–water partition coefficient (Wildman–Crippen LogP) is 1.61. The van der Waals surface area contributed by atoms with Gasteiger partial charge in [0.1, 0.15) is 6.21 Å². The van der Waals surface area contributed by atoms with E-state index in [4.69, 9.17) is 16.7 Å². The largest absolute Gasteiger partial charge is 0.477 e. The van der Waals surface area contributed by atoms with Crippen LogP contribution in [0.25, 0.3) is 0 Å². The summed E-state index contributed by atoms with van der Waals surface area (Å²) in [4.78, 5) is 21.5. The number of carboxylic acids is 1. The van der Waals surface area contributed by atoms with E-state index in [1.54, 1.807) is 6.07 Å². The van der Waals surface area contributed by atoms with E-state index in [1.807, 2.05) is 0 Å². The maximum atomic E-state index is 11.3. The Bertz CT molecular complexity index is 473. The van der Waals surface area contributed by atoms with Crippen molar-refractivity contribution in [3.63, 3.8) is 0 Å². The summed E-state index contributed by atoms with van der Waals surface area (Å²) in [6.07, 6.45) is 0.687. The Hall–Kier alpha value is -2.08. The molecule has 0 spiro atoms. The summed E-state index contributed by atoms with van der Waals surface area (Å²) in [5.41, 5.74) is 3.04. The molecule has 0 aliphatic carbocycles. The van der Waals surface area contributed by atoms with Gasteiger partial charge in [-0.3, -0.25) is 5.43 Å². The first-order valence-electron chi connectivity index (χ1n) is 4.44. The first kappa shape index (κ1) is 13.0. The topological polar surface area (TPSA) is 88.0 Å². The summed E-state index contributed by atoms with van der Waals surface area (Å²) >= 11 is 5.79. The van der Waals surface area contributed by atoms with Crippen LogP contribution in [0.1, 0.15) is 10.4 Å². The van der Waals surface area contributed by atoms with Crippen molar-refractivity contribution in [1.82, 2.24) is 0 Å². The van der Waals surface area contributed by atoms with Crippen LogP contribution in [-0.4, -0.2) is 30.4 Å². The van der Waals surface area contributed by atoms with E-state index in [1.165, 1.54) is 19.2 Å². The number of anilines is 1. The molecule has 0 aromatic heterocycles. The Kier molecular flexibility index (Phi) is 4.47. The van der Waals surface area contributed by atoms with Gasteiger partial charge in [0.15, 0.2) is 0 Å². The molecule has 7 heteroatoms. The van der Waals surface area contributed by atoms with Crippen molar-refractivity contribution in [1.29, 1.82) is 0 Å². The van der Waals surface area contributed by atoms with Crippen molar-refractivity contribution in [2.75, 3.05) is 12.5 Å². The number of hydrogen-bond donors (Lipinski definition) is 2. The number of halogens is 1. The monoisotopic (exact) mass is 256 g/mol. The third kappa shape index (κ3) is 3.76. The van der Waals surface area contributed by atoms with Crippen LogP contribution in [0.15, 0.2) is 23.3 Å². The molecule has 0 saturated heterocycles. The molecular weight excluding hydrogens is 248 g/mol. The normalized spacial score (nSPS) is 10.2. The van der Waals surface area contributed by atoms with E-state index in [0.717, 1.165) is 0 Å². The van der Waals surface area contributed by atoms with Crippen LogP contribution >= 0.6 is 11.6 Å². The summed E-state index contributed by atoms with van der Waals surface area (Å²) < 4.78 is 4.53. The quantitative estimate of drug-likeness (QED) is 0.485. The highest BCUT2D eigenvalue weighted by Gasteiger charge is 2.10. The lowest BCUT2D eigenvalue weighted by atomic mass is 10.2. The Morgan fingerprint density at radius 3 is 2.82 bits per heavy atom. The summed E-state index contributed by atoms with van der Waals surface area (Å²) in [6.45, 7) is 0. The zero-order valence-electron chi connectivity index (χ0n) is 8.81. The Morgan fingerprint density at radius 1 is 1.53 bits per heavy atom. The molecule has 0 radical (unpaired) electrons. The molecule has 1 rings (SSSR count). The number of carbonyl (C=O) groups is 2. The standard InChI is InChI=1S/C10H9ClN2O4/c1-17-10(16)7-4-6(2-3-8(7)11)13-12-5-9(14)15/h2-5,13H,1H3,(H,14,15). The van der Waals surface area contributed by atoms with E-state index in [9.17, 15) is 9.59 Å². The number of nitrogens with zero attached hydrogens (tertiary/aromatic N) is 1. The van der Waals surface area contributed by atoms with Gasteiger partial charge in [0.2, 0.25) is 0 Å². The molecule has 1 aromatic rings. The zero-order chi connectivity index (χ0) is 12.8. The van der Waals surface area contributed by atoms with Gasteiger partial charge in [-0.05, 0) is 18.2 Å². The number of benzene rings is 1. The van der Waals surface area contributed by atoms with Crippen molar-refractivity contribution in [2.45, 2.75) is 0 Å². The lowest BCUT2D eigenvalue weighted by molar-refractivity contribution is -0.128. The number of hydrazone groups is 1. The highest BCUT2D eigenvalue weighted by atomic mass is 35.5. The number of carboxylic acid groups (broad SMARTS) is 1. The van der Waals surface area contributed by atoms with Crippen LogP contribution in [0.2, 0.25) is 5.02 Å². The lowest BCUT2D eigenvalue weighted by Gasteiger charge is -2.05. The Balaban J connectivity index is 2.89. The molecule has 17 heavy (non-hydrogen) atoms. The smallest absolute Gasteiger partial charge is 0.348 e. The maximum Gasteiger partial charge on any atom is 0.348 e. The van der Waals surface area contributed by atoms with Gasteiger partial charge in [-0.1, -0.05) is 11.6 Å². The highest BCUT2D eigenvalue weighted by Crippen LogP contribution is 2.21. The average Bonchev–Trinajstić information content (AvgIpc) is 2.30. The fourth-order valence-electron chi connectivity index (χ4n) is 1.02. The molecule has 0 aliphatic rings. The number of aliphatic carboxylic acids is 1. The molecule has 2 N–H and O–H groups in total. The van der Waals surface area contributed by atoms with Gasteiger partial charge in [-0.15, -0.1) is 0 Å². The summed E-state index contributed by atoms with van der Waals surface area (Å²) in [7, 11) is 1.24. The van der Waals surface area contributed by atoms with Crippen LogP contribution < -0.4 is 5.43 Å². The summed E-state index contributed by atoms with van der Waals surface area (Å²) in [5, 5.41) is 12.0. The molecule has 6 nitrogen and oxygen atoms in total. The maximum absolute atomic E-state index is 11.3. The molecule has 1 aromatic carbocycles. The molecule has 90 valence electrons. The molecule has 0 fully saturated rings. The van der Waals surface area contributed by atoms with Crippen molar-refractivity contribution in [3.05, 3.63) is 28.8 Å². The van der Waals surface area contributed by atoms with Crippen LogP contribution in [0, 0.1) is 0 Å². The molecule has 0 saturated carbocycles. The van der Waals surface area contributed by atoms with Crippen molar-refractivity contribution in [3.8, 4) is 0 Å². The van der Waals surface area contributed by atoms with Crippen LogP contribution in [0.3, 0.4) is 0 Å². The molecule has 0 heterocycles.